The van der Waals surface area contributed by atoms with E-state index in [9.17, 15) is 0 Å². The standard InChI is InChI=1S/C15H23N3O/c1-4-8-16-14(15-12(2)7-9-19-15)6-5-13-10-17-18(3)11-13/h7,9-11,14,16H,4-6,8H2,1-3H3. The Morgan fingerprint density at radius 1 is 1.47 bits per heavy atom. The van der Waals surface area contributed by atoms with Crippen molar-refractivity contribution in [3.8, 4) is 0 Å². The summed E-state index contributed by atoms with van der Waals surface area (Å²) in [6.07, 6.45) is 8.95. The van der Waals surface area contributed by atoms with Crippen molar-refractivity contribution in [1.29, 1.82) is 0 Å². The number of aromatic nitrogens is 2. The van der Waals surface area contributed by atoms with Crippen LogP contribution in [0.4, 0.5) is 0 Å². The maximum Gasteiger partial charge on any atom is 0.123 e. The van der Waals surface area contributed by atoms with Gasteiger partial charge >= 0.3 is 0 Å². The highest BCUT2D eigenvalue weighted by Crippen LogP contribution is 2.23. The highest BCUT2D eigenvalue weighted by atomic mass is 16.3. The van der Waals surface area contributed by atoms with E-state index in [4.69, 9.17) is 4.42 Å². The molecule has 0 fully saturated rings. The minimum atomic E-state index is 0.287. The normalized spacial score (nSPS) is 12.8. The van der Waals surface area contributed by atoms with Gasteiger partial charge in [-0.05, 0) is 49.9 Å². The first-order chi connectivity index (χ1) is 9.20. The summed E-state index contributed by atoms with van der Waals surface area (Å²) in [5.41, 5.74) is 2.50. The second-order valence-electron chi connectivity index (χ2n) is 5.04. The molecule has 4 nitrogen and oxygen atoms in total. The van der Waals surface area contributed by atoms with E-state index in [0.29, 0.717) is 0 Å². The summed E-state index contributed by atoms with van der Waals surface area (Å²) >= 11 is 0. The molecule has 0 aromatic carbocycles. The molecule has 0 amide bonds. The fourth-order valence-electron chi connectivity index (χ4n) is 2.30. The van der Waals surface area contributed by atoms with Crippen LogP contribution >= 0.6 is 0 Å². The zero-order valence-corrected chi connectivity index (χ0v) is 12.0. The van der Waals surface area contributed by atoms with Crippen LogP contribution in [0.5, 0.6) is 0 Å². The van der Waals surface area contributed by atoms with E-state index in [1.807, 2.05) is 24.0 Å². The number of rotatable bonds is 7. The summed E-state index contributed by atoms with van der Waals surface area (Å²) in [4.78, 5) is 0. The van der Waals surface area contributed by atoms with E-state index in [1.165, 1.54) is 11.1 Å². The van der Waals surface area contributed by atoms with Gasteiger partial charge in [-0.2, -0.15) is 5.10 Å². The molecule has 2 aromatic rings. The zero-order valence-electron chi connectivity index (χ0n) is 12.0. The number of hydrogen-bond acceptors (Lipinski definition) is 3. The predicted molar refractivity (Wildman–Crippen MR) is 76.0 cm³/mol. The molecule has 1 N–H and O–H groups in total. The van der Waals surface area contributed by atoms with Crippen LogP contribution in [-0.2, 0) is 13.5 Å². The van der Waals surface area contributed by atoms with Crippen LogP contribution < -0.4 is 5.32 Å². The first-order valence-corrected chi connectivity index (χ1v) is 6.95. The van der Waals surface area contributed by atoms with Gasteiger partial charge in [0.25, 0.3) is 0 Å². The summed E-state index contributed by atoms with van der Waals surface area (Å²) < 4.78 is 7.48. The third-order valence-corrected chi connectivity index (χ3v) is 3.34. The second-order valence-corrected chi connectivity index (χ2v) is 5.04. The van der Waals surface area contributed by atoms with E-state index in [0.717, 1.165) is 31.6 Å². The van der Waals surface area contributed by atoms with Crippen LogP contribution in [0.15, 0.2) is 29.1 Å². The fourth-order valence-corrected chi connectivity index (χ4v) is 2.30. The average Bonchev–Trinajstić information content (AvgIpc) is 2.99. The Morgan fingerprint density at radius 3 is 2.89 bits per heavy atom. The molecule has 0 bridgehead atoms. The molecule has 0 saturated carbocycles. The fraction of sp³-hybridized carbons (Fsp3) is 0.533. The van der Waals surface area contributed by atoms with E-state index >= 15 is 0 Å². The van der Waals surface area contributed by atoms with Crippen molar-refractivity contribution in [3.63, 3.8) is 0 Å². The molecule has 19 heavy (non-hydrogen) atoms. The van der Waals surface area contributed by atoms with Crippen molar-refractivity contribution in [3.05, 3.63) is 41.6 Å². The summed E-state index contributed by atoms with van der Waals surface area (Å²) in [6.45, 7) is 5.29. The maximum absolute atomic E-state index is 5.63. The molecule has 0 saturated heterocycles. The number of nitrogens with one attached hydrogen (secondary N) is 1. The molecule has 1 unspecified atom stereocenters. The summed E-state index contributed by atoms with van der Waals surface area (Å²) in [6, 6.07) is 2.31. The molecule has 0 radical (unpaired) electrons. The van der Waals surface area contributed by atoms with Crippen LogP contribution in [0.3, 0.4) is 0 Å². The molecule has 2 aromatic heterocycles. The van der Waals surface area contributed by atoms with Gasteiger partial charge in [0.2, 0.25) is 0 Å². The highest BCUT2D eigenvalue weighted by Gasteiger charge is 2.16. The average molecular weight is 261 g/mol. The van der Waals surface area contributed by atoms with Crippen molar-refractivity contribution >= 4 is 0 Å². The lowest BCUT2D eigenvalue weighted by Gasteiger charge is -2.17. The number of furan rings is 1. The van der Waals surface area contributed by atoms with E-state index < -0.39 is 0 Å². The molecule has 4 heteroatoms. The van der Waals surface area contributed by atoms with E-state index in [2.05, 4.69) is 30.5 Å². The first kappa shape index (κ1) is 13.9. The van der Waals surface area contributed by atoms with Gasteiger partial charge in [0.1, 0.15) is 5.76 Å². The first-order valence-electron chi connectivity index (χ1n) is 6.95. The minimum absolute atomic E-state index is 0.287. The monoisotopic (exact) mass is 261 g/mol. The Bertz CT molecular complexity index is 501. The Hall–Kier alpha value is -1.55. The third-order valence-electron chi connectivity index (χ3n) is 3.34. The van der Waals surface area contributed by atoms with Gasteiger partial charge in [0, 0.05) is 13.2 Å². The zero-order chi connectivity index (χ0) is 13.7. The maximum atomic E-state index is 5.63. The summed E-state index contributed by atoms with van der Waals surface area (Å²) in [7, 11) is 1.95. The number of hydrogen-bond donors (Lipinski definition) is 1. The van der Waals surface area contributed by atoms with Crippen molar-refractivity contribution in [1.82, 2.24) is 15.1 Å². The van der Waals surface area contributed by atoms with Crippen LogP contribution in [0.1, 0.15) is 42.7 Å². The van der Waals surface area contributed by atoms with Gasteiger partial charge in [-0.25, -0.2) is 0 Å². The largest absolute Gasteiger partial charge is 0.467 e. The highest BCUT2D eigenvalue weighted by molar-refractivity contribution is 5.18. The Morgan fingerprint density at radius 2 is 2.32 bits per heavy atom. The summed E-state index contributed by atoms with van der Waals surface area (Å²) in [5, 5.41) is 7.78. The van der Waals surface area contributed by atoms with Crippen molar-refractivity contribution in [2.45, 2.75) is 39.2 Å². The van der Waals surface area contributed by atoms with Crippen molar-refractivity contribution in [2.75, 3.05) is 6.54 Å². The van der Waals surface area contributed by atoms with Crippen molar-refractivity contribution < 1.29 is 4.42 Å². The van der Waals surface area contributed by atoms with E-state index in [-0.39, 0.29) is 6.04 Å². The lowest BCUT2D eigenvalue weighted by Crippen LogP contribution is -2.22. The molecular formula is C15H23N3O. The topological polar surface area (TPSA) is 43.0 Å². The molecule has 2 heterocycles. The van der Waals surface area contributed by atoms with Gasteiger partial charge in [-0.1, -0.05) is 6.92 Å². The predicted octanol–water partition coefficient (Wildman–Crippen LogP) is 3.00. The van der Waals surface area contributed by atoms with Crippen LogP contribution in [0.2, 0.25) is 0 Å². The SMILES string of the molecule is CCCNC(CCc1cnn(C)c1)c1occc1C. The summed E-state index contributed by atoms with van der Waals surface area (Å²) in [5.74, 6) is 1.07. The van der Waals surface area contributed by atoms with Gasteiger partial charge in [-0.15, -0.1) is 0 Å². The molecule has 0 aliphatic heterocycles. The second kappa shape index (κ2) is 6.57. The van der Waals surface area contributed by atoms with Crippen LogP contribution in [0.25, 0.3) is 0 Å². The number of nitrogens with zero attached hydrogens (tertiary/aromatic N) is 2. The van der Waals surface area contributed by atoms with Gasteiger partial charge in [0.15, 0.2) is 0 Å². The Labute approximate surface area is 114 Å². The van der Waals surface area contributed by atoms with Crippen LogP contribution in [-0.4, -0.2) is 16.3 Å². The molecular weight excluding hydrogens is 238 g/mol. The van der Waals surface area contributed by atoms with Gasteiger partial charge in [0.05, 0.1) is 18.5 Å². The van der Waals surface area contributed by atoms with Crippen molar-refractivity contribution in [2.24, 2.45) is 7.05 Å². The Kier molecular flexibility index (Phi) is 4.80. The minimum Gasteiger partial charge on any atom is -0.467 e. The molecule has 1 atom stereocenters. The van der Waals surface area contributed by atoms with E-state index in [1.54, 1.807) is 6.26 Å². The molecule has 104 valence electrons. The van der Waals surface area contributed by atoms with Gasteiger partial charge < -0.3 is 9.73 Å². The Balaban J connectivity index is 2.00. The molecule has 0 aliphatic rings. The quantitative estimate of drug-likeness (QED) is 0.833. The molecule has 2 rings (SSSR count). The lowest BCUT2D eigenvalue weighted by atomic mass is 10.0. The lowest BCUT2D eigenvalue weighted by molar-refractivity contribution is 0.393. The number of aryl methyl sites for hydroxylation is 3. The third kappa shape index (κ3) is 3.70. The van der Waals surface area contributed by atoms with Gasteiger partial charge in [-0.3, -0.25) is 4.68 Å². The molecule has 0 aliphatic carbocycles. The molecule has 0 spiro atoms. The smallest absolute Gasteiger partial charge is 0.123 e. The van der Waals surface area contributed by atoms with Crippen LogP contribution in [0, 0.1) is 6.92 Å².